The van der Waals surface area contributed by atoms with Crippen molar-refractivity contribution in [1.29, 1.82) is 0 Å². The number of hydrogen-bond donors (Lipinski definition) is 0. The lowest BCUT2D eigenvalue weighted by Crippen LogP contribution is -2.19. The minimum absolute atomic E-state index is 0.147. The van der Waals surface area contributed by atoms with E-state index in [2.05, 4.69) is 23.1 Å². The number of hydrogen-bond acceptors (Lipinski definition) is 1. The van der Waals surface area contributed by atoms with E-state index in [9.17, 15) is 4.79 Å². The highest BCUT2D eigenvalue weighted by Crippen LogP contribution is 2.19. The third-order valence-corrected chi connectivity index (χ3v) is 5.50. The first-order valence-corrected chi connectivity index (χ1v) is 11.0. The molecule has 0 spiro atoms. The molecular formula is C22H36BrNO. The molecule has 1 aromatic carbocycles. The van der Waals surface area contributed by atoms with E-state index in [4.69, 9.17) is 0 Å². The number of rotatable bonds is 15. The first kappa shape index (κ1) is 22.2. The number of benzene rings is 1. The van der Waals surface area contributed by atoms with Crippen molar-refractivity contribution >= 4 is 27.7 Å². The summed E-state index contributed by atoms with van der Waals surface area (Å²) in [5, 5.41) is 0. The van der Waals surface area contributed by atoms with E-state index in [1.165, 1.54) is 77.0 Å². The average molecular weight is 410 g/mol. The molecule has 0 unspecified atom stereocenters. The molecule has 0 saturated carbocycles. The standard InChI is InChI=1S/C22H36BrNO/c1-2-3-4-5-6-7-8-9-10-11-12-13-17-20-22(25)24(23)21-18-15-14-16-19-21/h14-16,18-19H,2-13,17,20H2,1H3. The minimum atomic E-state index is 0.147. The Balaban J connectivity index is 1.89. The molecule has 0 aliphatic carbocycles. The van der Waals surface area contributed by atoms with E-state index in [1.807, 2.05) is 30.3 Å². The summed E-state index contributed by atoms with van der Waals surface area (Å²) in [4.78, 5) is 12.1. The van der Waals surface area contributed by atoms with Gasteiger partial charge in [-0.2, -0.15) is 0 Å². The molecule has 1 rings (SSSR count). The second-order valence-corrected chi connectivity index (χ2v) is 7.71. The van der Waals surface area contributed by atoms with Gasteiger partial charge in [-0.3, -0.25) is 4.79 Å². The summed E-state index contributed by atoms with van der Waals surface area (Å²) in [5.74, 6) is 0.147. The molecule has 0 aliphatic rings. The fourth-order valence-corrected chi connectivity index (χ4v) is 3.51. The Bertz CT molecular complexity index is 435. The van der Waals surface area contributed by atoms with Crippen LogP contribution in [0.15, 0.2) is 30.3 Å². The van der Waals surface area contributed by atoms with Gasteiger partial charge in [0.2, 0.25) is 5.91 Å². The van der Waals surface area contributed by atoms with Crippen molar-refractivity contribution in [3.63, 3.8) is 0 Å². The van der Waals surface area contributed by atoms with Crippen molar-refractivity contribution in [2.24, 2.45) is 0 Å². The lowest BCUT2D eigenvalue weighted by molar-refractivity contribution is -0.117. The number of nitrogens with zero attached hydrogens (tertiary/aromatic N) is 1. The molecule has 0 N–H and O–H groups in total. The smallest absolute Gasteiger partial charge is 0.237 e. The average Bonchev–Trinajstić information content (AvgIpc) is 2.65. The maximum atomic E-state index is 12.1. The normalized spacial score (nSPS) is 10.8. The van der Waals surface area contributed by atoms with Crippen LogP contribution in [0.1, 0.15) is 96.8 Å². The number of amides is 1. The van der Waals surface area contributed by atoms with E-state index < -0.39 is 0 Å². The maximum absolute atomic E-state index is 12.1. The van der Waals surface area contributed by atoms with Gasteiger partial charge in [0.1, 0.15) is 0 Å². The molecule has 2 nitrogen and oxygen atoms in total. The molecule has 0 atom stereocenters. The first-order valence-electron chi connectivity index (χ1n) is 10.3. The quantitative estimate of drug-likeness (QED) is 0.213. The van der Waals surface area contributed by atoms with E-state index in [-0.39, 0.29) is 5.91 Å². The van der Waals surface area contributed by atoms with Crippen molar-refractivity contribution in [1.82, 2.24) is 0 Å². The van der Waals surface area contributed by atoms with E-state index in [0.717, 1.165) is 12.1 Å². The van der Waals surface area contributed by atoms with Gasteiger partial charge in [0.05, 0.1) is 21.8 Å². The number of para-hydroxylation sites is 1. The molecule has 25 heavy (non-hydrogen) atoms. The van der Waals surface area contributed by atoms with Gasteiger partial charge in [-0.15, -0.1) is 0 Å². The predicted molar refractivity (Wildman–Crippen MR) is 113 cm³/mol. The molecule has 1 amide bonds. The summed E-state index contributed by atoms with van der Waals surface area (Å²) in [5.41, 5.74) is 0.905. The van der Waals surface area contributed by atoms with Crippen LogP contribution in [0, 0.1) is 0 Å². The molecular weight excluding hydrogens is 374 g/mol. The maximum Gasteiger partial charge on any atom is 0.237 e. The molecule has 0 fully saturated rings. The van der Waals surface area contributed by atoms with Crippen molar-refractivity contribution in [2.45, 2.75) is 96.8 Å². The summed E-state index contributed by atoms with van der Waals surface area (Å²) in [6.45, 7) is 2.27. The third kappa shape index (κ3) is 11.4. The molecule has 0 radical (unpaired) electrons. The molecule has 3 heteroatoms. The summed E-state index contributed by atoms with van der Waals surface area (Å²) < 4.78 is 1.59. The zero-order valence-corrected chi connectivity index (χ0v) is 17.6. The second kappa shape index (κ2) is 15.4. The van der Waals surface area contributed by atoms with Gasteiger partial charge >= 0.3 is 0 Å². The molecule has 0 aromatic heterocycles. The number of unbranched alkanes of at least 4 members (excludes halogenated alkanes) is 12. The summed E-state index contributed by atoms with van der Waals surface area (Å²) in [6, 6.07) is 9.73. The van der Waals surface area contributed by atoms with Crippen LogP contribution in [0.25, 0.3) is 0 Å². The Hall–Kier alpha value is -0.830. The number of anilines is 1. The second-order valence-electron chi connectivity index (χ2n) is 7.00. The van der Waals surface area contributed by atoms with Gasteiger partial charge in [-0.25, -0.2) is 3.93 Å². The van der Waals surface area contributed by atoms with Gasteiger partial charge < -0.3 is 0 Å². The highest BCUT2D eigenvalue weighted by molar-refractivity contribution is 9.10. The third-order valence-electron chi connectivity index (χ3n) is 4.70. The Morgan fingerprint density at radius 1 is 0.760 bits per heavy atom. The van der Waals surface area contributed by atoms with Gasteiger partial charge in [0.25, 0.3) is 0 Å². The van der Waals surface area contributed by atoms with Gasteiger partial charge in [0, 0.05) is 6.42 Å². The van der Waals surface area contributed by atoms with Crippen LogP contribution in [0.4, 0.5) is 5.69 Å². The largest absolute Gasteiger partial charge is 0.274 e. The number of carbonyl (C=O) groups is 1. The van der Waals surface area contributed by atoms with Crippen molar-refractivity contribution in [3.8, 4) is 0 Å². The Kier molecular flexibility index (Phi) is 13.7. The monoisotopic (exact) mass is 409 g/mol. The van der Waals surface area contributed by atoms with Crippen LogP contribution in [-0.4, -0.2) is 5.91 Å². The van der Waals surface area contributed by atoms with Crippen LogP contribution in [0.5, 0.6) is 0 Å². The SMILES string of the molecule is CCCCCCCCCCCCCCCC(=O)N(Br)c1ccccc1. The van der Waals surface area contributed by atoms with Crippen LogP contribution in [-0.2, 0) is 4.79 Å². The Labute approximate surface area is 163 Å². The molecule has 0 aliphatic heterocycles. The van der Waals surface area contributed by atoms with Crippen molar-refractivity contribution < 1.29 is 4.79 Å². The minimum Gasteiger partial charge on any atom is -0.274 e. The van der Waals surface area contributed by atoms with Crippen LogP contribution in [0.2, 0.25) is 0 Å². The van der Waals surface area contributed by atoms with Gasteiger partial charge in [0.15, 0.2) is 0 Å². The van der Waals surface area contributed by atoms with Crippen molar-refractivity contribution in [2.75, 3.05) is 3.93 Å². The van der Waals surface area contributed by atoms with Crippen molar-refractivity contribution in [3.05, 3.63) is 30.3 Å². The lowest BCUT2D eigenvalue weighted by Gasteiger charge is -2.14. The van der Waals surface area contributed by atoms with Crippen LogP contribution >= 0.6 is 16.1 Å². The highest BCUT2D eigenvalue weighted by atomic mass is 79.9. The molecule has 0 saturated heterocycles. The highest BCUT2D eigenvalue weighted by Gasteiger charge is 2.11. The van der Waals surface area contributed by atoms with Crippen LogP contribution in [0.3, 0.4) is 0 Å². The lowest BCUT2D eigenvalue weighted by atomic mass is 10.0. The van der Waals surface area contributed by atoms with E-state index >= 15 is 0 Å². The van der Waals surface area contributed by atoms with Gasteiger partial charge in [-0.1, -0.05) is 102 Å². The summed E-state index contributed by atoms with van der Waals surface area (Å²) >= 11 is 3.37. The number of halogens is 1. The zero-order valence-electron chi connectivity index (χ0n) is 16.0. The molecule has 0 heterocycles. The fourth-order valence-electron chi connectivity index (χ4n) is 3.10. The van der Waals surface area contributed by atoms with Gasteiger partial charge in [-0.05, 0) is 18.6 Å². The molecule has 0 bridgehead atoms. The molecule has 142 valence electrons. The molecule has 1 aromatic rings. The summed E-state index contributed by atoms with van der Waals surface area (Å²) in [6.07, 6.45) is 17.9. The first-order chi connectivity index (χ1) is 12.3. The Morgan fingerprint density at radius 2 is 1.20 bits per heavy atom. The summed E-state index contributed by atoms with van der Waals surface area (Å²) in [7, 11) is 0. The Morgan fingerprint density at radius 3 is 1.68 bits per heavy atom. The zero-order chi connectivity index (χ0) is 18.2. The van der Waals surface area contributed by atoms with Crippen LogP contribution < -0.4 is 3.93 Å². The fraction of sp³-hybridized carbons (Fsp3) is 0.682. The van der Waals surface area contributed by atoms with E-state index in [0.29, 0.717) is 6.42 Å². The number of carbonyl (C=O) groups excluding carboxylic acids is 1. The van der Waals surface area contributed by atoms with E-state index in [1.54, 1.807) is 3.93 Å². The topological polar surface area (TPSA) is 20.3 Å². The predicted octanol–water partition coefficient (Wildman–Crippen LogP) is 7.81.